The highest BCUT2D eigenvalue weighted by Gasteiger charge is 2.15. The fraction of sp³-hybridized carbons (Fsp3) is 0.158. The minimum atomic E-state index is -0.406. The molecule has 3 amide bonds. The minimum Gasteiger partial charge on any atom is -0.459 e. The Morgan fingerprint density at radius 2 is 1.93 bits per heavy atom. The molecule has 0 atom stereocenters. The van der Waals surface area contributed by atoms with Gasteiger partial charge in [-0.05, 0) is 36.0 Å². The van der Waals surface area contributed by atoms with E-state index in [1.54, 1.807) is 55.9 Å². The van der Waals surface area contributed by atoms with Crippen molar-refractivity contribution in [1.29, 1.82) is 0 Å². The number of nitrogens with zero attached hydrogens (tertiary/aromatic N) is 2. The molecule has 3 aromatic rings. The highest BCUT2D eigenvalue weighted by atomic mass is 32.2. The first-order chi connectivity index (χ1) is 13.9. The Morgan fingerprint density at radius 3 is 2.66 bits per heavy atom. The van der Waals surface area contributed by atoms with Crippen LogP contribution < -0.4 is 10.6 Å². The smallest absolute Gasteiger partial charge is 0.293 e. The number of nitrogens with one attached hydrogen (secondary N) is 2. The van der Waals surface area contributed by atoms with Crippen LogP contribution in [0.15, 0.2) is 57.4 Å². The number of thioether (sulfide) groups is 1. The third kappa shape index (κ3) is 5.69. The predicted molar refractivity (Wildman–Crippen MR) is 112 cm³/mol. The average Bonchev–Trinajstić information content (AvgIpc) is 3.35. The SMILES string of the molecule is CN(C)C(=O)Sc1ccccc1NC(=O)Cc1csc(NC(=O)c2ccco2)n1. The van der Waals surface area contributed by atoms with Crippen LogP contribution in [-0.2, 0) is 11.2 Å². The quantitative estimate of drug-likeness (QED) is 0.574. The second-order valence-electron chi connectivity index (χ2n) is 6.06. The van der Waals surface area contributed by atoms with Gasteiger partial charge in [0.25, 0.3) is 11.1 Å². The van der Waals surface area contributed by atoms with Crippen molar-refractivity contribution in [3.8, 4) is 0 Å². The summed E-state index contributed by atoms with van der Waals surface area (Å²) >= 11 is 2.26. The molecule has 2 N–H and O–H groups in total. The zero-order valence-electron chi connectivity index (χ0n) is 15.7. The van der Waals surface area contributed by atoms with Gasteiger partial charge in [0.2, 0.25) is 5.91 Å². The number of carbonyl (C=O) groups excluding carboxylic acids is 3. The molecule has 1 aromatic carbocycles. The molecule has 0 unspecified atom stereocenters. The van der Waals surface area contributed by atoms with Crippen LogP contribution in [0, 0.1) is 0 Å². The standard InChI is InChI=1S/C19H18N4O4S2/c1-23(2)19(26)29-15-8-4-3-6-13(15)21-16(24)10-12-11-28-18(20-12)22-17(25)14-7-5-9-27-14/h3-9,11H,10H2,1-2H3,(H,21,24)(H,20,22,25). The molecule has 0 saturated heterocycles. The van der Waals surface area contributed by atoms with Gasteiger partial charge in [0.05, 0.1) is 24.1 Å². The van der Waals surface area contributed by atoms with Crippen LogP contribution in [0.2, 0.25) is 0 Å². The molecule has 2 heterocycles. The summed E-state index contributed by atoms with van der Waals surface area (Å²) in [7, 11) is 3.34. The maximum absolute atomic E-state index is 12.4. The van der Waals surface area contributed by atoms with Crippen LogP contribution in [0.3, 0.4) is 0 Å². The van der Waals surface area contributed by atoms with E-state index >= 15 is 0 Å². The molecule has 150 valence electrons. The van der Waals surface area contributed by atoms with Crippen LogP contribution in [0.5, 0.6) is 0 Å². The molecule has 0 aliphatic heterocycles. The van der Waals surface area contributed by atoms with E-state index in [2.05, 4.69) is 15.6 Å². The summed E-state index contributed by atoms with van der Waals surface area (Å²) in [5.41, 5.74) is 1.08. The molecule has 0 saturated carbocycles. The van der Waals surface area contributed by atoms with Gasteiger partial charge in [-0.25, -0.2) is 4.98 Å². The van der Waals surface area contributed by atoms with Gasteiger partial charge < -0.3 is 14.6 Å². The number of furan rings is 1. The lowest BCUT2D eigenvalue weighted by molar-refractivity contribution is -0.115. The van der Waals surface area contributed by atoms with E-state index in [-0.39, 0.29) is 23.3 Å². The summed E-state index contributed by atoms with van der Waals surface area (Å²) in [4.78, 5) is 42.7. The highest BCUT2D eigenvalue weighted by molar-refractivity contribution is 8.13. The molecular formula is C19H18N4O4S2. The number of para-hydroxylation sites is 1. The summed E-state index contributed by atoms with van der Waals surface area (Å²) in [6.07, 6.45) is 1.45. The number of thiazole rings is 1. The van der Waals surface area contributed by atoms with E-state index in [4.69, 9.17) is 4.42 Å². The molecule has 2 aromatic heterocycles. The summed E-state index contributed by atoms with van der Waals surface area (Å²) < 4.78 is 5.03. The fourth-order valence-corrected chi connectivity index (χ4v) is 3.67. The second kappa shape index (κ2) is 9.39. The monoisotopic (exact) mass is 430 g/mol. The van der Waals surface area contributed by atoms with Gasteiger partial charge in [0.15, 0.2) is 10.9 Å². The first-order valence-electron chi connectivity index (χ1n) is 8.49. The topological polar surface area (TPSA) is 105 Å². The lowest BCUT2D eigenvalue weighted by Gasteiger charge is -2.12. The van der Waals surface area contributed by atoms with Crippen LogP contribution in [0.25, 0.3) is 0 Å². The summed E-state index contributed by atoms with van der Waals surface area (Å²) in [5.74, 6) is -0.498. The van der Waals surface area contributed by atoms with Crippen molar-refractivity contribution in [3.05, 3.63) is 59.5 Å². The van der Waals surface area contributed by atoms with Crippen LogP contribution in [0.4, 0.5) is 15.6 Å². The van der Waals surface area contributed by atoms with Gasteiger partial charge in [-0.3, -0.25) is 19.7 Å². The number of carbonyl (C=O) groups is 3. The molecular weight excluding hydrogens is 412 g/mol. The molecule has 29 heavy (non-hydrogen) atoms. The van der Waals surface area contributed by atoms with Crippen LogP contribution in [-0.4, -0.2) is 41.0 Å². The molecule has 10 heteroatoms. The van der Waals surface area contributed by atoms with Gasteiger partial charge in [0, 0.05) is 24.4 Å². The van der Waals surface area contributed by atoms with Crippen molar-refractivity contribution in [2.24, 2.45) is 0 Å². The molecule has 0 aliphatic rings. The zero-order valence-corrected chi connectivity index (χ0v) is 17.3. The Kier molecular flexibility index (Phi) is 6.68. The normalized spacial score (nSPS) is 10.4. The number of hydrogen-bond acceptors (Lipinski definition) is 7. The van der Waals surface area contributed by atoms with Crippen molar-refractivity contribution in [2.45, 2.75) is 11.3 Å². The maximum Gasteiger partial charge on any atom is 0.293 e. The Bertz CT molecular complexity index is 1010. The summed E-state index contributed by atoms with van der Waals surface area (Å²) in [6, 6.07) is 10.3. The molecule has 8 nitrogen and oxygen atoms in total. The molecule has 3 rings (SSSR count). The van der Waals surface area contributed by atoms with Crippen molar-refractivity contribution in [1.82, 2.24) is 9.88 Å². The van der Waals surface area contributed by atoms with E-state index < -0.39 is 5.91 Å². The first kappa shape index (κ1) is 20.6. The molecule has 0 aliphatic carbocycles. The van der Waals surface area contributed by atoms with Gasteiger partial charge >= 0.3 is 0 Å². The van der Waals surface area contributed by atoms with E-state index in [0.717, 1.165) is 11.8 Å². The molecule has 0 spiro atoms. The van der Waals surface area contributed by atoms with Gasteiger partial charge in [-0.1, -0.05) is 12.1 Å². The molecule has 0 bridgehead atoms. The van der Waals surface area contributed by atoms with Gasteiger partial charge in [0.1, 0.15) is 0 Å². The number of anilines is 2. The first-order valence-corrected chi connectivity index (χ1v) is 10.2. The van der Waals surface area contributed by atoms with Gasteiger partial charge in [-0.2, -0.15) is 0 Å². The van der Waals surface area contributed by atoms with Crippen molar-refractivity contribution in [3.63, 3.8) is 0 Å². The van der Waals surface area contributed by atoms with E-state index in [1.807, 2.05) is 0 Å². The van der Waals surface area contributed by atoms with E-state index in [1.165, 1.54) is 22.5 Å². The predicted octanol–water partition coefficient (Wildman–Crippen LogP) is 3.94. The van der Waals surface area contributed by atoms with Crippen molar-refractivity contribution >= 4 is 51.0 Å². The number of amides is 3. The average molecular weight is 431 g/mol. The number of benzene rings is 1. The molecule has 0 fully saturated rings. The van der Waals surface area contributed by atoms with E-state index in [0.29, 0.717) is 21.4 Å². The Labute approximate surface area is 175 Å². The zero-order chi connectivity index (χ0) is 20.8. The largest absolute Gasteiger partial charge is 0.459 e. The third-order valence-electron chi connectivity index (χ3n) is 3.58. The molecule has 0 radical (unpaired) electrons. The maximum atomic E-state index is 12.4. The second-order valence-corrected chi connectivity index (χ2v) is 7.91. The van der Waals surface area contributed by atoms with E-state index in [9.17, 15) is 14.4 Å². The lowest BCUT2D eigenvalue weighted by Crippen LogP contribution is -2.18. The van der Waals surface area contributed by atoms with Crippen molar-refractivity contribution < 1.29 is 18.8 Å². The number of rotatable bonds is 6. The minimum absolute atomic E-state index is 0.0355. The third-order valence-corrected chi connectivity index (χ3v) is 5.50. The fourth-order valence-electron chi connectivity index (χ4n) is 2.22. The summed E-state index contributed by atoms with van der Waals surface area (Å²) in [5, 5.41) is 7.38. The Hall–Kier alpha value is -3.11. The van der Waals surface area contributed by atoms with Crippen LogP contribution in [0.1, 0.15) is 16.2 Å². The highest BCUT2D eigenvalue weighted by Crippen LogP contribution is 2.28. The Morgan fingerprint density at radius 1 is 1.14 bits per heavy atom. The number of aromatic nitrogens is 1. The Balaban J connectivity index is 1.60. The van der Waals surface area contributed by atoms with Gasteiger partial charge in [-0.15, -0.1) is 11.3 Å². The lowest BCUT2D eigenvalue weighted by atomic mass is 10.3. The number of hydrogen-bond donors (Lipinski definition) is 2. The van der Waals surface area contributed by atoms with Crippen molar-refractivity contribution in [2.75, 3.05) is 24.7 Å². The summed E-state index contributed by atoms with van der Waals surface area (Å²) in [6.45, 7) is 0. The van der Waals surface area contributed by atoms with Crippen LogP contribution >= 0.6 is 23.1 Å².